The third-order valence-corrected chi connectivity index (χ3v) is 4.65. The van der Waals surface area contributed by atoms with Crippen LogP contribution in [0, 0.1) is 0 Å². The Labute approximate surface area is 164 Å². The van der Waals surface area contributed by atoms with Crippen molar-refractivity contribution in [2.75, 3.05) is 11.1 Å². The molecule has 4 N–H and O–H groups in total. The number of nitrogens with two attached hydrogens (primary N) is 1. The molecule has 27 heavy (non-hydrogen) atoms. The van der Waals surface area contributed by atoms with Gasteiger partial charge in [-0.1, -0.05) is 50.6 Å². The first-order chi connectivity index (χ1) is 12.7. The summed E-state index contributed by atoms with van der Waals surface area (Å²) in [7, 11) is 1.79. The number of ether oxygens (including phenoxy) is 1. The van der Waals surface area contributed by atoms with Crippen LogP contribution >= 0.6 is 11.6 Å². The van der Waals surface area contributed by atoms with Gasteiger partial charge in [-0.2, -0.15) is 4.68 Å². The molecule has 6 nitrogen and oxygen atoms in total. The van der Waals surface area contributed by atoms with Crippen molar-refractivity contribution in [2.24, 2.45) is 7.05 Å². The second-order valence-electron chi connectivity index (χ2n) is 7.44. The summed E-state index contributed by atoms with van der Waals surface area (Å²) >= 11 is 6.40. The Hall–Kier alpha value is -2.73. The zero-order valence-electron chi connectivity index (χ0n) is 16.0. The summed E-state index contributed by atoms with van der Waals surface area (Å²) in [4.78, 5) is 4.19. The molecule has 7 heteroatoms. The number of H-pyrrole nitrogens is 1. The van der Waals surface area contributed by atoms with Crippen LogP contribution in [0.4, 0.5) is 11.9 Å². The van der Waals surface area contributed by atoms with E-state index in [9.17, 15) is 0 Å². The minimum absolute atomic E-state index is 0.102. The highest BCUT2D eigenvalue weighted by Crippen LogP contribution is 2.32. The largest absolute Gasteiger partial charge is 0.457 e. The standard InChI is InChI=1S/C20H24ClN5O/c1-20(2,3)13-8-10-14(11-9-13)27-17-7-5-6-16(21)15(17)12-23-19-24-18(22)26(4)25-19/h5-11H,12H2,1-4H3,(H3,22,23,24,25)/p+1. The Morgan fingerprint density at radius 2 is 1.89 bits per heavy atom. The van der Waals surface area contributed by atoms with Gasteiger partial charge >= 0.3 is 11.9 Å². The van der Waals surface area contributed by atoms with Crippen molar-refractivity contribution in [3.63, 3.8) is 0 Å². The molecule has 0 radical (unpaired) electrons. The summed E-state index contributed by atoms with van der Waals surface area (Å²) < 4.78 is 7.72. The number of nitrogen functional groups attached to an aromatic ring is 1. The number of hydrogen-bond donors (Lipinski definition) is 3. The molecule has 0 saturated carbocycles. The molecule has 0 saturated heterocycles. The molecular weight excluding hydrogens is 362 g/mol. The van der Waals surface area contributed by atoms with E-state index >= 15 is 0 Å². The lowest BCUT2D eigenvalue weighted by Gasteiger charge is -2.19. The van der Waals surface area contributed by atoms with E-state index in [4.69, 9.17) is 22.1 Å². The van der Waals surface area contributed by atoms with Gasteiger partial charge in [0.05, 0.1) is 7.05 Å². The summed E-state index contributed by atoms with van der Waals surface area (Å²) in [6.07, 6.45) is 0. The van der Waals surface area contributed by atoms with Crippen LogP contribution in [0.15, 0.2) is 42.5 Å². The van der Waals surface area contributed by atoms with E-state index in [2.05, 4.69) is 48.3 Å². The first-order valence-electron chi connectivity index (χ1n) is 8.75. The van der Waals surface area contributed by atoms with Crippen molar-refractivity contribution in [1.29, 1.82) is 0 Å². The van der Waals surface area contributed by atoms with Crippen LogP contribution in [0.1, 0.15) is 31.9 Å². The van der Waals surface area contributed by atoms with E-state index in [-0.39, 0.29) is 5.41 Å². The first kappa shape index (κ1) is 19.0. The van der Waals surface area contributed by atoms with Gasteiger partial charge in [-0.25, -0.2) is 5.10 Å². The van der Waals surface area contributed by atoms with Crippen molar-refractivity contribution in [3.05, 3.63) is 58.6 Å². The van der Waals surface area contributed by atoms with Gasteiger partial charge in [-0.15, -0.1) is 0 Å². The number of nitrogens with one attached hydrogen (secondary N) is 2. The maximum Gasteiger partial charge on any atom is 0.410 e. The van der Waals surface area contributed by atoms with Crippen molar-refractivity contribution in [1.82, 2.24) is 10.1 Å². The Balaban J connectivity index is 1.78. The fourth-order valence-corrected chi connectivity index (χ4v) is 2.87. The highest BCUT2D eigenvalue weighted by molar-refractivity contribution is 6.31. The zero-order chi connectivity index (χ0) is 19.6. The summed E-state index contributed by atoms with van der Waals surface area (Å²) in [5.41, 5.74) is 7.95. The molecule has 0 bridgehead atoms. The molecule has 0 aliphatic carbocycles. The molecule has 3 aromatic rings. The lowest BCUT2D eigenvalue weighted by Crippen LogP contribution is -2.33. The SMILES string of the molecule is C[n+]1[nH]c(NCc2c(Cl)cccc2Oc2ccc(C(C)(C)C)cc2)nc1N. The molecule has 1 heterocycles. The summed E-state index contributed by atoms with van der Waals surface area (Å²) in [6, 6.07) is 13.7. The Morgan fingerprint density at radius 3 is 2.48 bits per heavy atom. The topological polar surface area (TPSA) is 79.8 Å². The second-order valence-corrected chi connectivity index (χ2v) is 7.84. The highest BCUT2D eigenvalue weighted by atomic mass is 35.5. The molecule has 0 spiro atoms. The monoisotopic (exact) mass is 386 g/mol. The van der Waals surface area contributed by atoms with Crippen molar-refractivity contribution < 1.29 is 9.42 Å². The van der Waals surface area contributed by atoms with Gasteiger partial charge < -0.3 is 10.1 Å². The van der Waals surface area contributed by atoms with Gasteiger partial charge in [0.2, 0.25) is 0 Å². The molecule has 0 unspecified atom stereocenters. The van der Waals surface area contributed by atoms with Crippen LogP contribution in [0.3, 0.4) is 0 Å². The van der Waals surface area contributed by atoms with E-state index < -0.39 is 0 Å². The Morgan fingerprint density at radius 1 is 1.19 bits per heavy atom. The Kier molecular flexibility index (Phi) is 5.28. The number of benzene rings is 2. The molecular formula is C20H25ClN5O+. The van der Waals surface area contributed by atoms with Gasteiger partial charge in [0.1, 0.15) is 11.5 Å². The maximum absolute atomic E-state index is 6.40. The predicted molar refractivity (Wildman–Crippen MR) is 108 cm³/mol. The fraction of sp³-hybridized carbons (Fsp3) is 0.300. The normalized spacial score (nSPS) is 11.4. The molecule has 0 atom stereocenters. The molecule has 1 aromatic heterocycles. The minimum Gasteiger partial charge on any atom is -0.457 e. The van der Waals surface area contributed by atoms with E-state index in [0.29, 0.717) is 29.2 Å². The van der Waals surface area contributed by atoms with E-state index in [1.54, 1.807) is 11.7 Å². The number of aromatic amines is 1. The van der Waals surface area contributed by atoms with Crippen LogP contribution < -0.4 is 20.5 Å². The minimum atomic E-state index is 0.102. The van der Waals surface area contributed by atoms with E-state index in [1.807, 2.05) is 30.3 Å². The maximum atomic E-state index is 6.40. The number of aromatic nitrogens is 3. The van der Waals surface area contributed by atoms with E-state index in [1.165, 1.54) is 5.56 Å². The summed E-state index contributed by atoms with van der Waals surface area (Å²) in [5, 5.41) is 6.82. The zero-order valence-corrected chi connectivity index (χ0v) is 16.8. The van der Waals surface area contributed by atoms with Crippen molar-refractivity contribution in [2.45, 2.75) is 32.7 Å². The number of halogens is 1. The molecule has 0 aliphatic heterocycles. The average Bonchev–Trinajstić information content (AvgIpc) is 2.92. The quantitative estimate of drug-likeness (QED) is 0.575. The fourth-order valence-electron chi connectivity index (χ4n) is 2.64. The van der Waals surface area contributed by atoms with Crippen molar-refractivity contribution in [3.8, 4) is 11.5 Å². The predicted octanol–water partition coefficient (Wildman–Crippen LogP) is 4.17. The lowest BCUT2D eigenvalue weighted by atomic mass is 9.87. The van der Waals surface area contributed by atoms with Crippen LogP contribution in [0.5, 0.6) is 11.5 Å². The van der Waals surface area contributed by atoms with Crippen LogP contribution in [-0.2, 0) is 19.0 Å². The lowest BCUT2D eigenvalue weighted by molar-refractivity contribution is -0.713. The number of hydrogen-bond acceptors (Lipinski definition) is 4. The molecule has 3 rings (SSSR count). The number of aryl methyl sites for hydroxylation is 1. The molecule has 142 valence electrons. The van der Waals surface area contributed by atoms with Gasteiger partial charge in [0.15, 0.2) is 0 Å². The van der Waals surface area contributed by atoms with E-state index in [0.717, 1.165) is 11.3 Å². The third-order valence-electron chi connectivity index (χ3n) is 4.30. The first-order valence-corrected chi connectivity index (χ1v) is 9.13. The molecule has 2 aromatic carbocycles. The molecule has 0 amide bonds. The van der Waals surface area contributed by atoms with Gasteiger partial charge in [-0.05, 0) is 40.2 Å². The summed E-state index contributed by atoms with van der Waals surface area (Å²) in [5.74, 6) is 2.42. The smallest absolute Gasteiger partial charge is 0.410 e. The van der Waals surface area contributed by atoms with Gasteiger partial charge in [0.25, 0.3) is 0 Å². The third kappa shape index (κ3) is 4.52. The molecule has 0 aliphatic rings. The summed E-state index contributed by atoms with van der Waals surface area (Å²) in [6.45, 7) is 7.00. The highest BCUT2D eigenvalue weighted by Gasteiger charge is 2.15. The van der Waals surface area contributed by atoms with Gasteiger partial charge in [-0.3, -0.25) is 5.73 Å². The van der Waals surface area contributed by atoms with Crippen molar-refractivity contribution >= 4 is 23.5 Å². The number of anilines is 2. The number of rotatable bonds is 5. The van der Waals surface area contributed by atoms with Crippen LogP contribution in [-0.4, -0.2) is 10.1 Å². The van der Waals surface area contributed by atoms with Gasteiger partial charge in [0, 0.05) is 17.1 Å². The number of nitrogens with zero attached hydrogens (tertiary/aromatic N) is 2. The molecule has 0 fully saturated rings. The Bertz CT molecular complexity index is 909. The van der Waals surface area contributed by atoms with Crippen LogP contribution in [0.2, 0.25) is 5.02 Å². The van der Waals surface area contributed by atoms with Crippen LogP contribution in [0.25, 0.3) is 0 Å². The average molecular weight is 387 g/mol. The second kappa shape index (κ2) is 7.48.